The third-order valence-electron chi connectivity index (χ3n) is 3.08. The Morgan fingerprint density at radius 2 is 2.35 bits per heavy atom. The molecule has 1 heterocycles. The molecule has 0 aromatic heterocycles. The zero-order chi connectivity index (χ0) is 12.4. The number of rotatable bonds is 2. The predicted molar refractivity (Wildman–Crippen MR) is 74.2 cm³/mol. The van der Waals surface area contributed by atoms with Gasteiger partial charge < -0.3 is 15.3 Å². The molecule has 0 bridgehead atoms. The number of halogens is 1. The number of carbonyl (C=O) groups excluding carboxylic acids is 1. The van der Waals surface area contributed by atoms with Crippen molar-refractivity contribution in [2.24, 2.45) is 0 Å². The van der Waals surface area contributed by atoms with E-state index in [1.165, 1.54) is 6.07 Å². The van der Waals surface area contributed by atoms with Gasteiger partial charge in [0.25, 0.3) is 5.91 Å². The van der Waals surface area contributed by atoms with E-state index in [4.69, 9.17) is 0 Å². The number of benzene rings is 1. The maximum Gasteiger partial charge on any atom is 0.254 e. The molecule has 1 aliphatic rings. The Bertz CT molecular complexity index is 437. The molecule has 1 aromatic carbocycles. The molecule has 1 fully saturated rings. The van der Waals surface area contributed by atoms with E-state index >= 15 is 0 Å². The molecule has 1 amide bonds. The average Bonchev–Trinajstić information content (AvgIpc) is 2.80. The smallest absolute Gasteiger partial charge is 0.254 e. The van der Waals surface area contributed by atoms with E-state index in [0.717, 1.165) is 23.1 Å². The fourth-order valence-corrected chi connectivity index (χ4v) is 2.34. The van der Waals surface area contributed by atoms with Crippen LogP contribution in [-0.4, -0.2) is 42.1 Å². The predicted octanol–water partition coefficient (Wildman–Crippen LogP) is 1.43. The summed E-state index contributed by atoms with van der Waals surface area (Å²) in [6, 6.07) is 5.44. The SMILES string of the molecule is CNC1CCN(C(=O)c2ccc(I)c(O)c2)C1. The van der Waals surface area contributed by atoms with Crippen LogP contribution in [0.1, 0.15) is 16.8 Å². The molecule has 92 valence electrons. The van der Waals surface area contributed by atoms with E-state index < -0.39 is 0 Å². The standard InChI is InChI=1S/C12H15IN2O2/c1-14-9-4-5-15(7-9)12(17)8-2-3-10(13)11(16)6-8/h2-3,6,9,14,16H,4-5,7H2,1H3. The van der Waals surface area contributed by atoms with Crippen molar-refractivity contribution in [1.29, 1.82) is 0 Å². The molecule has 2 rings (SSSR count). The summed E-state index contributed by atoms with van der Waals surface area (Å²) in [5, 5.41) is 12.8. The van der Waals surface area contributed by atoms with Gasteiger partial charge in [-0.25, -0.2) is 0 Å². The Balaban J connectivity index is 2.12. The normalized spacial score (nSPS) is 19.6. The molecule has 1 aliphatic heterocycles. The third-order valence-corrected chi connectivity index (χ3v) is 3.99. The summed E-state index contributed by atoms with van der Waals surface area (Å²) in [6.07, 6.45) is 0.985. The molecule has 1 atom stereocenters. The number of nitrogens with zero attached hydrogens (tertiary/aromatic N) is 1. The number of amides is 1. The Labute approximate surface area is 114 Å². The Morgan fingerprint density at radius 3 is 2.94 bits per heavy atom. The number of aromatic hydroxyl groups is 1. The van der Waals surface area contributed by atoms with Crippen LogP contribution in [0.2, 0.25) is 0 Å². The van der Waals surface area contributed by atoms with Crippen LogP contribution in [0.25, 0.3) is 0 Å². The first-order valence-electron chi connectivity index (χ1n) is 5.57. The number of hydrogen-bond acceptors (Lipinski definition) is 3. The molecule has 1 aromatic rings. The summed E-state index contributed by atoms with van der Waals surface area (Å²) in [6.45, 7) is 1.51. The first-order chi connectivity index (χ1) is 8.11. The molecule has 2 N–H and O–H groups in total. The molecular formula is C12H15IN2O2. The van der Waals surface area contributed by atoms with Crippen molar-refractivity contribution in [3.8, 4) is 5.75 Å². The van der Waals surface area contributed by atoms with Crippen molar-refractivity contribution in [2.45, 2.75) is 12.5 Å². The van der Waals surface area contributed by atoms with Crippen molar-refractivity contribution < 1.29 is 9.90 Å². The second-order valence-corrected chi connectivity index (χ2v) is 5.35. The highest BCUT2D eigenvalue weighted by Crippen LogP contribution is 2.22. The number of carbonyl (C=O) groups is 1. The lowest BCUT2D eigenvalue weighted by molar-refractivity contribution is 0.0789. The van der Waals surface area contributed by atoms with E-state index in [9.17, 15) is 9.90 Å². The molecule has 0 saturated carbocycles. The molecule has 1 unspecified atom stereocenters. The molecule has 0 spiro atoms. The highest BCUT2D eigenvalue weighted by Gasteiger charge is 2.26. The van der Waals surface area contributed by atoms with Crippen molar-refractivity contribution in [1.82, 2.24) is 10.2 Å². The van der Waals surface area contributed by atoms with Crippen LogP contribution >= 0.6 is 22.6 Å². The van der Waals surface area contributed by atoms with Crippen molar-refractivity contribution >= 4 is 28.5 Å². The zero-order valence-corrected chi connectivity index (χ0v) is 11.8. The summed E-state index contributed by atoms with van der Waals surface area (Å²) < 4.78 is 0.758. The van der Waals surface area contributed by atoms with Crippen molar-refractivity contribution in [3.05, 3.63) is 27.3 Å². The first-order valence-corrected chi connectivity index (χ1v) is 6.64. The van der Waals surface area contributed by atoms with Crippen LogP contribution in [0.5, 0.6) is 5.75 Å². The number of hydrogen-bond donors (Lipinski definition) is 2. The molecule has 1 saturated heterocycles. The van der Waals surface area contributed by atoms with Crippen molar-refractivity contribution in [3.63, 3.8) is 0 Å². The van der Waals surface area contributed by atoms with Gasteiger partial charge in [0.15, 0.2) is 0 Å². The maximum atomic E-state index is 12.2. The molecule has 5 heteroatoms. The number of phenols is 1. The van der Waals surface area contributed by atoms with Gasteiger partial charge in [0.1, 0.15) is 5.75 Å². The molecule has 17 heavy (non-hydrogen) atoms. The third kappa shape index (κ3) is 2.71. The van der Waals surface area contributed by atoms with Gasteiger partial charge >= 0.3 is 0 Å². The molecule has 0 aliphatic carbocycles. The van der Waals surface area contributed by atoms with Gasteiger partial charge in [-0.05, 0) is 54.3 Å². The summed E-state index contributed by atoms with van der Waals surface area (Å²) in [7, 11) is 1.91. The Kier molecular flexibility index (Phi) is 3.88. The summed E-state index contributed by atoms with van der Waals surface area (Å²) in [5.41, 5.74) is 0.555. The maximum absolute atomic E-state index is 12.2. The summed E-state index contributed by atoms with van der Waals surface area (Å²) >= 11 is 2.04. The van der Waals surface area contributed by atoms with E-state index in [2.05, 4.69) is 5.32 Å². The van der Waals surface area contributed by atoms with E-state index in [0.29, 0.717) is 11.6 Å². The Morgan fingerprint density at radius 1 is 1.59 bits per heavy atom. The fourth-order valence-electron chi connectivity index (χ4n) is 2.01. The fraction of sp³-hybridized carbons (Fsp3) is 0.417. The van der Waals surface area contributed by atoms with Gasteiger partial charge in [-0.3, -0.25) is 4.79 Å². The monoisotopic (exact) mass is 346 g/mol. The lowest BCUT2D eigenvalue weighted by Gasteiger charge is -2.16. The van der Waals surface area contributed by atoms with E-state index in [-0.39, 0.29) is 11.7 Å². The van der Waals surface area contributed by atoms with Crippen molar-refractivity contribution in [2.75, 3.05) is 20.1 Å². The van der Waals surface area contributed by atoms with Gasteiger partial charge in [-0.15, -0.1) is 0 Å². The molecular weight excluding hydrogens is 331 g/mol. The number of nitrogens with one attached hydrogen (secondary N) is 1. The average molecular weight is 346 g/mol. The van der Waals surface area contributed by atoms with Gasteiger partial charge in [0.2, 0.25) is 0 Å². The van der Waals surface area contributed by atoms with Crippen LogP contribution < -0.4 is 5.32 Å². The highest BCUT2D eigenvalue weighted by atomic mass is 127. The lowest BCUT2D eigenvalue weighted by Crippen LogP contribution is -2.33. The van der Waals surface area contributed by atoms with Gasteiger partial charge in [0, 0.05) is 24.7 Å². The van der Waals surface area contributed by atoms with Crippen LogP contribution in [0.3, 0.4) is 0 Å². The van der Waals surface area contributed by atoms with Crippen LogP contribution in [0, 0.1) is 3.57 Å². The quantitative estimate of drug-likeness (QED) is 0.797. The summed E-state index contributed by atoms with van der Waals surface area (Å²) in [5.74, 6) is 0.162. The van der Waals surface area contributed by atoms with Crippen LogP contribution in [0.15, 0.2) is 18.2 Å². The summed E-state index contributed by atoms with van der Waals surface area (Å²) in [4.78, 5) is 14.0. The van der Waals surface area contributed by atoms with Gasteiger partial charge in [-0.1, -0.05) is 0 Å². The van der Waals surface area contributed by atoms with Crippen LogP contribution in [-0.2, 0) is 0 Å². The zero-order valence-electron chi connectivity index (χ0n) is 9.61. The number of likely N-dealkylation sites (N-methyl/N-ethyl adjacent to an activating group) is 1. The Hall–Kier alpha value is -0.820. The second kappa shape index (κ2) is 5.22. The van der Waals surface area contributed by atoms with Gasteiger partial charge in [-0.2, -0.15) is 0 Å². The van der Waals surface area contributed by atoms with E-state index in [1.54, 1.807) is 12.1 Å². The minimum Gasteiger partial charge on any atom is -0.507 e. The lowest BCUT2D eigenvalue weighted by atomic mass is 10.2. The molecule has 0 radical (unpaired) electrons. The van der Waals surface area contributed by atoms with Crippen LogP contribution in [0.4, 0.5) is 0 Å². The van der Waals surface area contributed by atoms with Gasteiger partial charge in [0.05, 0.1) is 3.57 Å². The second-order valence-electron chi connectivity index (χ2n) is 4.19. The topological polar surface area (TPSA) is 52.6 Å². The first kappa shape index (κ1) is 12.6. The highest BCUT2D eigenvalue weighted by molar-refractivity contribution is 14.1. The number of phenolic OH excluding ortho intramolecular Hbond substituents is 1. The minimum absolute atomic E-state index is 0.00514. The molecule has 4 nitrogen and oxygen atoms in total. The van der Waals surface area contributed by atoms with E-state index in [1.807, 2.05) is 34.5 Å². The largest absolute Gasteiger partial charge is 0.507 e. The number of likely N-dealkylation sites (tertiary alicyclic amines) is 1. The minimum atomic E-state index is -0.00514.